The molecule has 0 aromatic heterocycles. The number of allylic oxidation sites excluding steroid dienone is 1. The molecule has 2 N–H and O–H groups in total. The van der Waals surface area contributed by atoms with Gasteiger partial charge >= 0.3 is 0 Å². The first-order valence-electron chi connectivity index (χ1n) is 27.1. The van der Waals surface area contributed by atoms with Gasteiger partial charge in [0.2, 0.25) is 5.91 Å². The molecule has 0 saturated carbocycles. The summed E-state index contributed by atoms with van der Waals surface area (Å²) in [4.78, 5) is 25.2. The highest BCUT2D eigenvalue weighted by Crippen LogP contribution is 2.38. The zero-order valence-electron chi connectivity index (χ0n) is 42.1. The summed E-state index contributed by atoms with van der Waals surface area (Å²) in [5, 5.41) is 13.8. The molecular weight excluding hydrogens is 792 g/mol. The summed E-state index contributed by atoms with van der Waals surface area (Å²) in [5.74, 6) is -0.199. The van der Waals surface area contributed by atoms with Crippen molar-refractivity contribution in [3.8, 4) is 0 Å². The average molecular weight is 899 g/mol. The molecule has 9 heteroatoms. The van der Waals surface area contributed by atoms with Gasteiger partial charge in [-0.1, -0.05) is 257 Å². The number of carbonyl (C=O) groups excluding carboxylic acids is 1. The Balaban J connectivity index is 3.93. The summed E-state index contributed by atoms with van der Waals surface area (Å²) in [7, 11) is 1.27. The molecule has 3 unspecified atom stereocenters. The van der Waals surface area contributed by atoms with Crippen molar-refractivity contribution in [3.63, 3.8) is 0 Å². The quantitative estimate of drug-likeness (QED) is 0.0272. The molecule has 0 radical (unpaired) electrons. The lowest BCUT2D eigenvalue weighted by atomic mass is 10.0. The van der Waals surface area contributed by atoms with E-state index in [2.05, 4.69) is 19.2 Å². The Kier molecular flexibility index (Phi) is 44.8. The number of phosphoric acid groups is 1. The molecule has 0 saturated heterocycles. The number of aliphatic hydroxyl groups is 1. The molecule has 0 spiro atoms. The van der Waals surface area contributed by atoms with Gasteiger partial charge in [-0.15, -0.1) is 0 Å². The number of amides is 1. The van der Waals surface area contributed by atoms with Gasteiger partial charge in [0.15, 0.2) is 0 Å². The smallest absolute Gasteiger partial charge is 0.268 e. The van der Waals surface area contributed by atoms with Crippen molar-refractivity contribution >= 4 is 13.7 Å². The molecule has 0 rings (SSSR count). The Morgan fingerprint density at radius 1 is 0.548 bits per heavy atom. The molecule has 0 aliphatic carbocycles. The van der Waals surface area contributed by atoms with E-state index in [4.69, 9.17) is 9.05 Å². The lowest BCUT2D eigenvalue weighted by molar-refractivity contribution is -0.870. The minimum absolute atomic E-state index is 0.00189. The van der Waals surface area contributed by atoms with Gasteiger partial charge in [-0.3, -0.25) is 9.36 Å². The van der Waals surface area contributed by atoms with Gasteiger partial charge in [0.05, 0.1) is 39.9 Å². The van der Waals surface area contributed by atoms with E-state index >= 15 is 0 Å². The fourth-order valence-electron chi connectivity index (χ4n) is 8.21. The summed E-state index contributed by atoms with van der Waals surface area (Å²) in [5.41, 5.74) is 0. The molecule has 0 aromatic carbocycles. The Labute approximate surface area is 386 Å². The number of carbonyl (C=O) groups is 1. The highest BCUT2D eigenvalue weighted by molar-refractivity contribution is 7.45. The molecule has 0 bridgehead atoms. The van der Waals surface area contributed by atoms with Crippen molar-refractivity contribution in [1.29, 1.82) is 0 Å². The fraction of sp³-hybridized carbons (Fsp3) is 0.943. The van der Waals surface area contributed by atoms with Gasteiger partial charge in [-0.25, -0.2) is 0 Å². The number of nitrogens with zero attached hydrogens (tertiary/aromatic N) is 1. The molecule has 370 valence electrons. The summed E-state index contributed by atoms with van der Waals surface area (Å²) >= 11 is 0. The van der Waals surface area contributed by atoms with Crippen LogP contribution in [0.3, 0.4) is 0 Å². The molecule has 8 nitrogen and oxygen atoms in total. The maximum Gasteiger partial charge on any atom is 0.268 e. The van der Waals surface area contributed by atoms with Crippen LogP contribution in [0, 0.1) is 0 Å². The van der Waals surface area contributed by atoms with Crippen molar-refractivity contribution in [1.82, 2.24) is 5.32 Å². The van der Waals surface area contributed by atoms with Crippen molar-refractivity contribution in [2.24, 2.45) is 0 Å². The second kappa shape index (κ2) is 45.4. The number of phosphoric ester groups is 1. The third-order valence-electron chi connectivity index (χ3n) is 12.5. The van der Waals surface area contributed by atoms with Crippen LogP contribution in [0.4, 0.5) is 0 Å². The fourth-order valence-corrected chi connectivity index (χ4v) is 8.94. The lowest BCUT2D eigenvalue weighted by Gasteiger charge is -2.29. The van der Waals surface area contributed by atoms with Crippen LogP contribution in [0.25, 0.3) is 0 Å². The first-order valence-corrected chi connectivity index (χ1v) is 28.5. The third kappa shape index (κ3) is 47.2. The Morgan fingerprint density at radius 2 is 0.871 bits per heavy atom. The molecule has 62 heavy (non-hydrogen) atoms. The molecular formula is C53H107N2O6P. The monoisotopic (exact) mass is 899 g/mol. The van der Waals surface area contributed by atoms with E-state index in [0.29, 0.717) is 17.4 Å². The SMILES string of the molecule is CCCCCCCCCCCCCCCCCCCCCCCCCCCCCCCC/C=C/C(O)C(COP(=O)([O-])OCC[N+](C)(C)C)NC(=O)CCCCCCCCCC. The van der Waals surface area contributed by atoms with Gasteiger partial charge in [-0.2, -0.15) is 0 Å². The Bertz CT molecular complexity index is 1020. The predicted molar refractivity (Wildman–Crippen MR) is 266 cm³/mol. The van der Waals surface area contributed by atoms with Crippen LogP contribution in [-0.2, 0) is 18.4 Å². The third-order valence-corrected chi connectivity index (χ3v) is 13.5. The van der Waals surface area contributed by atoms with Crippen LogP contribution in [0.5, 0.6) is 0 Å². The predicted octanol–water partition coefficient (Wildman–Crippen LogP) is 15.2. The molecule has 0 aromatic rings. The zero-order valence-corrected chi connectivity index (χ0v) is 43.0. The molecule has 0 heterocycles. The number of unbranched alkanes of at least 4 members (excludes halogenated alkanes) is 37. The molecule has 0 fully saturated rings. The topological polar surface area (TPSA) is 108 Å². The van der Waals surface area contributed by atoms with Gasteiger partial charge < -0.3 is 28.8 Å². The molecule has 3 atom stereocenters. The van der Waals surface area contributed by atoms with E-state index in [-0.39, 0.29) is 19.1 Å². The van der Waals surface area contributed by atoms with Gasteiger partial charge in [0.1, 0.15) is 13.2 Å². The second-order valence-corrected chi connectivity index (χ2v) is 21.4. The van der Waals surface area contributed by atoms with Crippen LogP contribution >= 0.6 is 7.82 Å². The largest absolute Gasteiger partial charge is 0.756 e. The molecule has 0 aliphatic rings. The summed E-state index contributed by atoms with van der Waals surface area (Å²) < 4.78 is 23.2. The Hall–Kier alpha value is -0.760. The van der Waals surface area contributed by atoms with Crippen LogP contribution in [0.2, 0.25) is 0 Å². The van der Waals surface area contributed by atoms with E-state index in [1.165, 1.54) is 212 Å². The zero-order chi connectivity index (χ0) is 45.7. The van der Waals surface area contributed by atoms with Crippen molar-refractivity contribution in [2.45, 2.75) is 283 Å². The minimum atomic E-state index is -4.58. The van der Waals surface area contributed by atoms with E-state index in [9.17, 15) is 19.4 Å². The van der Waals surface area contributed by atoms with Crippen LogP contribution < -0.4 is 10.2 Å². The lowest BCUT2D eigenvalue weighted by Crippen LogP contribution is -2.45. The minimum Gasteiger partial charge on any atom is -0.756 e. The standard InChI is InChI=1S/C53H107N2O6P/c1-6-8-10-12-14-16-17-18-19-20-21-22-23-24-25-26-27-28-29-30-31-32-33-34-35-36-37-38-39-40-42-44-46-52(56)51(50-61-62(58,59)60-49-48-55(3,4)5)54-53(57)47-45-43-41-15-13-11-9-7-2/h44,46,51-52,56H,6-43,45,47-50H2,1-5H3,(H-,54,57,58,59)/b46-44+. The number of hydrogen-bond donors (Lipinski definition) is 2. The number of nitrogens with one attached hydrogen (secondary N) is 1. The molecule has 1 amide bonds. The first-order chi connectivity index (χ1) is 30.0. The van der Waals surface area contributed by atoms with Crippen LogP contribution in [0.15, 0.2) is 12.2 Å². The van der Waals surface area contributed by atoms with Gasteiger partial charge in [-0.05, 0) is 19.3 Å². The Morgan fingerprint density at radius 3 is 1.21 bits per heavy atom. The van der Waals surface area contributed by atoms with Crippen LogP contribution in [-0.4, -0.2) is 68.5 Å². The summed E-state index contributed by atoms with van der Waals surface area (Å²) in [6.07, 6.45) is 54.6. The highest BCUT2D eigenvalue weighted by atomic mass is 31.2. The van der Waals surface area contributed by atoms with E-state index in [1.807, 2.05) is 27.2 Å². The molecule has 0 aliphatic heterocycles. The maximum atomic E-state index is 12.8. The van der Waals surface area contributed by atoms with Crippen molar-refractivity contribution in [2.75, 3.05) is 40.9 Å². The van der Waals surface area contributed by atoms with Crippen LogP contribution in [0.1, 0.15) is 271 Å². The normalized spacial score (nSPS) is 14.1. The first kappa shape index (κ1) is 61.2. The summed E-state index contributed by atoms with van der Waals surface area (Å²) in [6.45, 7) is 4.64. The number of quaternary nitrogens is 1. The van der Waals surface area contributed by atoms with E-state index < -0.39 is 20.0 Å². The van der Waals surface area contributed by atoms with Crippen molar-refractivity contribution < 1.29 is 32.9 Å². The van der Waals surface area contributed by atoms with Gasteiger partial charge in [0, 0.05) is 6.42 Å². The van der Waals surface area contributed by atoms with E-state index in [1.54, 1.807) is 6.08 Å². The second-order valence-electron chi connectivity index (χ2n) is 19.9. The van der Waals surface area contributed by atoms with Crippen molar-refractivity contribution in [3.05, 3.63) is 12.2 Å². The van der Waals surface area contributed by atoms with E-state index in [0.717, 1.165) is 38.5 Å². The number of likely N-dealkylation sites (N-methyl/N-ethyl adjacent to an activating group) is 1. The number of aliphatic hydroxyl groups excluding tert-OH is 1. The number of rotatable bonds is 50. The highest BCUT2D eigenvalue weighted by Gasteiger charge is 2.23. The van der Waals surface area contributed by atoms with Gasteiger partial charge in [0.25, 0.3) is 7.82 Å². The number of hydrogen-bond acceptors (Lipinski definition) is 6. The maximum absolute atomic E-state index is 12.8. The average Bonchev–Trinajstić information content (AvgIpc) is 3.23. The summed E-state index contributed by atoms with van der Waals surface area (Å²) in [6, 6.07) is -0.879.